The van der Waals surface area contributed by atoms with Crippen LogP contribution in [0.1, 0.15) is 50.7 Å². The molecule has 29 heavy (non-hydrogen) atoms. The predicted molar refractivity (Wildman–Crippen MR) is 113 cm³/mol. The molecule has 4 aromatic rings. The SMILES string of the molecule is CC(C)c1cccc(C(C)C)c1-[n+]1cn(-c2ccccc2F)c2ccccc21.[Cl-]. The molecule has 1 heterocycles. The first-order valence-corrected chi connectivity index (χ1v) is 9.89. The normalized spacial score (nSPS) is 11.3. The van der Waals surface area contributed by atoms with Gasteiger partial charge in [0.15, 0.2) is 22.5 Å². The molecular formula is C25H26ClFN2. The minimum absolute atomic E-state index is 0. The molecule has 0 aliphatic carbocycles. The van der Waals surface area contributed by atoms with Crippen molar-refractivity contribution in [2.45, 2.75) is 39.5 Å². The minimum atomic E-state index is -0.225. The van der Waals surface area contributed by atoms with E-state index in [2.05, 4.69) is 56.5 Å². The summed E-state index contributed by atoms with van der Waals surface area (Å²) in [4.78, 5) is 0. The topological polar surface area (TPSA) is 8.81 Å². The van der Waals surface area contributed by atoms with Gasteiger partial charge in [-0.15, -0.1) is 0 Å². The number of fused-ring (bicyclic) bond motifs is 1. The minimum Gasteiger partial charge on any atom is -1.00 e. The van der Waals surface area contributed by atoms with Gasteiger partial charge in [0, 0.05) is 11.1 Å². The zero-order valence-electron chi connectivity index (χ0n) is 17.2. The van der Waals surface area contributed by atoms with Gasteiger partial charge in [-0.25, -0.2) is 4.39 Å². The summed E-state index contributed by atoms with van der Waals surface area (Å²) in [5, 5.41) is 0. The van der Waals surface area contributed by atoms with Crippen LogP contribution >= 0.6 is 0 Å². The molecule has 150 valence electrons. The van der Waals surface area contributed by atoms with Crippen molar-refractivity contribution in [3.63, 3.8) is 0 Å². The summed E-state index contributed by atoms with van der Waals surface area (Å²) < 4.78 is 18.8. The summed E-state index contributed by atoms with van der Waals surface area (Å²) in [6, 6.07) is 21.7. The Bertz CT molecular complexity index is 1120. The Labute approximate surface area is 178 Å². The van der Waals surface area contributed by atoms with E-state index in [1.807, 2.05) is 41.2 Å². The number of halogens is 2. The Kier molecular flexibility index (Phi) is 6.09. The lowest BCUT2D eigenvalue weighted by atomic mass is 9.92. The van der Waals surface area contributed by atoms with E-state index >= 15 is 0 Å². The molecule has 2 nitrogen and oxygen atoms in total. The maximum absolute atomic E-state index is 14.6. The summed E-state index contributed by atoms with van der Waals surface area (Å²) in [6.45, 7) is 8.89. The third-order valence-electron chi connectivity index (χ3n) is 5.33. The Morgan fingerprint density at radius 3 is 1.97 bits per heavy atom. The zero-order valence-corrected chi connectivity index (χ0v) is 18.0. The van der Waals surface area contributed by atoms with Gasteiger partial charge in [-0.05, 0) is 36.1 Å². The molecule has 0 amide bonds. The van der Waals surface area contributed by atoms with Gasteiger partial charge in [-0.2, -0.15) is 9.13 Å². The van der Waals surface area contributed by atoms with Crippen molar-refractivity contribution in [1.82, 2.24) is 4.57 Å². The van der Waals surface area contributed by atoms with Crippen molar-refractivity contribution < 1.29 is 21.4 Å². The van der Waals surface area contributed by atoms with Crippen molar-refractivity contribution in [2.24, 2.45) is 0 Å². The van der Waals surface area contributed by atoms with E-state index in [9.17, 15) is 4.39 Å². The molecule has 0 bridgehead atoms. The van der Waals surface area contributed by atoms with Crippen molar-refractivity contribution in [2.75, 3.05) is 0 Å². The van der Waals surface area contributed by atoms with Gasteiger partial charge in [0.05, 0.1) is 0 Å². The molecule has 4 heteroatoms. The highest BCUT2D eigenvalue weighted by molar-refractivity contribution is 5.75. The van der Waals surface area contributed by atoms with E-state index in [0.29, 0.717) is 17.5 Å². The first-order chi connectivity index (χ1) is 13.5. The number of hydrogen-bond acceptors (Lipinski definition) is 0. The molecule has 1 aromatic heterocycles. The zero-order chi connectivity index (χ0) is 19.8. The van der Waals surface area contributed by atoms with Crippen molar-refractivity contribution in [1.29, 1.82) is 0 Å². The Hall–Kier alpha value is -2.65. The number of aromatic nitrogens is 2. The molecule has 3 aromatic carbocycles. The fourth-order valence-corrected chi connectivity index (χ4v) is 3.92. The quantitative estimate of drug-likeness (QED) is 0.458. The average Bonchev–Trinajstić information content (AvgIpc) is 3.07. The van der Waals surface area contributed by atoms with Gasteiger partial charge in [0.25, 0.3) is 6.33 Å². The van der Waals surface area contributed by atoms with Crippen molar-refractivity contribution in [3.8, 4) is 11.4 Å². The highest BCUT2D eigenvalue weighted by Crippen LogP contribution is 2.30. The lowest BCUT2D eigenvalue weighted by molar-refractivity contribution is -0.569. The van der Waals surface area contributed by atoms with E-state index in [1.54, 1.807) is 6.07 Å². The third-order valence-corrected chi connectivity index (χ3v) is 5.33. The van der Waals surface area contributed by atoms with Crippen LogP contribution in [0.15, 0.2) is 73.1 Å². The Balaban J connectivity index is 0.00000240. The summed E-state index contributed by atoms with van der Waals surface area (Å²) in [7, 11) is 0. The number of nitrogens with zero attached hydrogens (tertiary/aromatic N) is 2. The van der Waals surface area contributed by atoms with Gasteiger partial charge >= 0.3 is 0 Å². The predicted octanol–water partition coefficient (Wildman–Crippen LogP) is 3.30. The average molecular weight is 409 g/mol. The molecule has 0 spiro atoms. The number of para-hydroxylation sites is 4. The van der Waals surface area contributed by atoms with E-state index in [0.717, 1.165) is 11.0 Å². The number of benzene rings is 3. The standard InChI is InChI=1S/C25H26FN2.ClH/c1-17(2)19-10-9-11-20(18(3)4)25(19)28-16-27(22-13-6-5-12-21(22)26)23-14-7-8-15-24(23)28;/h5-18H,1-4H3;1H/q+1;/p-1. The molecule has 0 unspecified atom stereocenters. The molecule has 4 rings (SSSR count). The highest BCUT2D eigenvalue weighted by atomic mass is 35.5. The van der Waals surface area contributed by atoms with Crippen LogP contribution in [-0.4, -0.2) is 4.57 Å². The van der Waals surface area contributed by atoms with Crippen LogP contribution in [0.2, 0.25) is 0 Å². The molecule has 0 N–H and O–H groups in total. The lowest BCUT2D eigenvalue weighted by Gasteiger charge is -2.16. The molecule has 0 aliphatic heterocycles. The second-order valence-electron chi connectivity index (χ2n) is 7.89. The van der Waals surface area contributed by atoms with E-state index < -0.39 is 0 Å². The second-order valence-corrected chi connectivity index (χ2v) is 7.89. The third kappa shape index (κ3) is 3.67. The fourth-order valence-electron chi connectivity index (χ4n) is 3.92. The first kappa shape index (κ1) is 21.1. The lowest BCUT2D eigenvalue weighted by Crippen LogP contribution is -3.00. The monoisotopic (exact) mass is 408 g/mol. The second kappa shape index (κ2) is 8.38. The number of imidazole rings is 1. The van der Waals surface area contributed by atoms with Crippen LogP contribution in [0.25, 0.3) is 22.4 Å². The fraction of sp³-hybridized carbons (Fsp3) is 0.240. The summed E-state index contributed by atoms with van der Waals surface area (Å²) in [5.74, 6) is 0.546. The molecule has 0 saturated heterocycles. The van der Waals surface area contributed by atoms with Crippen molar-refractivity contribution in [3.05, 3.63) is 90.0 Å². The van der Waals surface area contributed by atoms with Crippen LogP contribution in [0.5, 0.6) is 0 Å². The van der Waals surface area contributed by atoms with E-state index in [4.69, 9.17) is 0 Å². The number of hydrogen-bond donors (Lipinski definition) is 0. The number of rotatable bonds is 4. The van der Waals surface area contributed by atoms with E-state index in [1.165, 1.54) is 22.9 Å². The van der Waals surface area contributed by atoms with Gasteiger partial charge < -0.3 is 12.4 Å². The highest BCUT2D eigenvalue weighted by Gasteiger charge is 2.25. The molecule has 0 saturated carbocycles. The summed E-state index contributed by atoms with van der Waals surface area (Å²) >= 11 is 0. The molecule has 0 fully saturated rings. The van der Waals surface area contributed by atoms with Crippen LogP contribution in [-0.2, 0) is 0 Å². The molecule has 0 radical (unpaired) electrons. The Morgan fingerprint density at radius 2 is 1.34 bits per heavy atom. The Morgan fingerprint density at radius 1 is 0.759 bits per heavy atom. The van der Waals surface area contributed by atoms with Gasteiger partial charge in [-0.1, -0.05) is 70.2 Å². The van der Waals surface area contributed by atoms with Crippen LogP contribution in [0.4, 0.5) is 4.39 Å². The summed E-state index contributed by atoms with van der Waals surface area (Å²) in [6.07, 6.45) is 2.02. The molecular weight excluding hydrogens is 383 g/mol. The molecule has 0 aliphatic rings. The van der Waals surface area contributed by atoms with Crippen LogP contribution in [0, 0.1) is 5.82 Å². The van der Waals surface area contributed by atoms with Gasteiger partial charge in [0.1, 0.15) is 5.69 Å². The largest absolute Gasteiger partial charge is 1.00 e. The first-order valence-electron chi connectivity index (χ1n) is 9.89. The van der Waals surface area contributed by atoms with Gasteiger partial charge in [0.2, 0.25) is 0 Å². The smallest absolute Gasteiger partial charge is 0.255 e. The van der Waals surface area contributed by atoms with Crippen LogP contribution in [0.3, 0.4) is 0 Å². The maximum atomic E-state index is 14.6. The summed E-state index contributed by atoms with van der Waals surface area (Å²) in [5.41, 5.74) is 6.42. The molecule has 0 atom stereocenters. The maximum Gasteiger partial charge on any atom is 0.255 e. The van der Waals surface area contributed by atoms with E-state index in [-0.39, 0.29) is 18.2 Å². The van der Waals surface area contributed by atoms with Crippen LogP contribution < -0.4 is 17.0 Å². The van der Waals surface area contributed by atoms with Gasteiger partial charge in [-0.3, -0.25) is 0 Å². The van der Waals surface area contributed by atoms with Crippen molar-refractivity contribution >= 4 is 11.0 Å².